The number of aliphatic hydroxyl groups is 5. The molecular formula is C55H85NO19. The molecule has 5 N–H and O–H groups in total. The van der Waals surface area contributed by atoms with E-state index in [4.69, 9.17) is 61.6 Å². The number of aromatic nitrogens is 1. The predicted octanol–water partition coefficient (Wildman–Crippen LogP) is 4.02. The fraction of sp³-hybridized carbons (Fsp3) is 0.855. The van der Waals surface area contributed by atoms with Crippen LogP contribution in [0.15, 0.2) is 36.2 Å². The summed E-state index contributed by atoms with van der Waals surface area (Å²) in [6.07, 6.45) is -2.12. The topological polar surface area (TPSA) is 251 Å². The first-order valence-electron chi connectivity index (χ1n) is 27.3. The van der Waals surface area contributed by atoms with Crippen LogP contribution < -0.4 is 0 Å². The van der Waals surface area contributed by atoms with Crippen LogP contribution in [0.4, 0.5) is 0 Å². The van der Waals surface area contributed by atoms with Crippen molar-refractivity contribution in [3.63, 3.8) is 0 Å². The Morgan fingerprint density at radius 1 is 0.707 bits per heavy atom. The lowest BCUT2D eigenvalue weighted by Crippen LogP contribution is -2.78. The van der Waals surface area contributed by atoms with Gasteiger partial charge in [0.25, 0.3) is 0 Å². The number of hydrogen-bond donors (Lipinski definition) is 5. The number of fused-ring (bicyclic) bond motifs is 5. The molecule has 1 aromatic heterocycles. The Kier molecular flexibility index (Phi) is 17.1. The lowest BCUT2D eigenvalue weighted by Gasteiger charge is -2.67. The molecule has 7 fully saturated rings. The number of nitrogens with zero attached hydrogens (tertiary/aromatic N) is 1. The maximum Gasteiger partial charge on any atom is 0.339 e. The second kappa shape index (κ2) is 22.3. The zero-order valence-electron chi connectivity index (χ0n) is 45.6. The summed E-state index contributed by atoms with van der Waals surface area (Å²) in [5, 5.41) is 59.8. The van der Waals surface area contributed by atoms with Crippen molar-refractivity contribution < 1.29 is 91.9 Å². The van der Waals surface area contributed by atoms with E-state index in [-0.39, 0.29) is 43.5 Å². The highest BCUT2D eigenvalue weighted by Crippen LogP contribution is 2.71. The van der Waals surface area contributed by atoms with Crippen LogP contribution in [-0.4, -0.2) is 198 Å². The van der Waals surface area contributed by atoms with Gasteiger partial charge in [0.2, 0.25) is 0 Å². The van der Waals surface area contributed by atoms with Gasteiger partial charge in [-0.25, -0.2) is 4.79 Å². The summed E-state index contributed by atoms with van der Waals surface area (Å²) in [6, 6.07) is 3.23. The molecule has 75 heavy (non-hydrogen) atoms. The van der Waals surface area contributed by atoms with Crippen molar-refractivity contribution in [2.75, 3.05) is 28.4 Å². The minimum absolute atomic E-state index is 0.00464. The molecule has 20 heteroatoms. The van der Waals surface area contributed by atoms with Crippen LogP contribution in [0.5, 0.6) is 0 Å². The summed E-state index contributed by atoms with van der Waals surface area (Å²) in [6.45, 7) is 12.8. The van der Waals surface area contributed by atoms with Gasteiger partial charge in [-0.3, -0.25) is 4.98 Å². The fourth-order valence-corrected chi connectivity index (χ4v) is 14.9. The van der Waals surface area contributed by atoms with E-state index in [2.05, 4.69) is 11.9 Å². The summed E-state index contributed by atoms with van der Waals surface area (Å²) in [7, 11) is 6.49. The molecule has 4 aliphatic heterocycles. The summed E-state index contributed by atoms with van der Waals surface area (Å²) in [5.41, 5.74) is -6.42. The van der Waals surface area contributed by atoms with Crippen molar-refractivity contribution in [2.24, 2.45) is 16.7 Å². The minimum Gasteiger partial charge on any atom is -0.458 e. The Bertz CT molecular complexity index is 2140. The molecule has 0 spiro atoms. The third kappa shape index (κ3) is 10.1. The number of hydrogen-bond acceptors (Lipinski definition) is 20. The molecule has 20 nitrogen and oxygen atoms in total. The van der Waals surface area contributed by atoms with Gasteiger partial charge in [0, 0.05) is 72.4 Å². The lowest BCUT2D eigenvalue weighted by atomic mass is 9.42. The van der Waals surface area contributed by atoms with Crippen molar-refractivity contribution in [1.29, 1.82) is 0 Å². The van der Waals surface area contributed by atoms with Gasteiger partial charge in [-0.15, -0.1) is 0 Å². The maximum atomic E-state index is 13.7. The third-order valence-corrected chi connectivity index (χ3v) is 19.4. The first kappa shape index (κ1) is 57.4. The van der Waals surface area contributed by atoms with Crippen molar-refractivity contribution in [1.82, 2.24) is 4.98 Å². The van der Waals surface area contributed by atoms with Crippen molar-refractivity contribution in [3.8, 4) is 0 Å². The molecule has 5 heterocycles. The Labute approximate surface area is 441 Å². The first-order chi connectivity index (χ1) is 35.6. The summed E-state index contributed by atoms with van der Waals surface area (Å²) in [5.74, 6) is -1.22. The summed E-state index contributed by atoms with van der Waals surface area (Å²) < 4.78 is 81.6. The van der Waals surface area contributed by atoms with Crippen LogP contribution in [0.25, 0.3) is 0 Å². The number of methoxy groups -OCH3 is 4. The van der Waals surface area contributed by atoms with Gasteiger partial charge >= 0.3 is 5.97 Å². The van der Waals surface area contributed by atoms with E-state index >= 15 is 0 Å². The summed E-state index contributed by atoms with van der Waals surface area (Å²) >= 11 is 0. The van der Waals surface area contributed by atoms with Crippen molar-refractivity contribution in [2.45, 2.75) is 253 Å². The highest BCUT2D eigenvalue weighted by molar-refractivity contribution is 5.89. The van der Waals surface area contributed by atoms with E-state index in [0.29, 0.717) is 44.9 Å². The predicted molar refractivity (Wildman–Crippen MR) is 265 cm³/mol. The molecular weight excluding hydrogens is 979 g/mol. The molecule has 4 aliphatic carbocycles. The quantitative estimate of drug-likeness (QED) is 0.123. The number of aliphatic hydroxyl groups excluding tert-OH is 2. The number of carbonyl (C=O) groups is 1. The van der Waals surface area contributed by atoms with Crippen molar-refractivity contribution in [3.05, 3.63) is 41.7 Å². The Hall–Kier alpha value is -2.32. The Morgan fingerprint density at radius 3 is 1.71 bits per heavy atom. The van der Waals surface area contributed by atoms with E-state index in [9.17, 15) is 30.3 Å². The Balaban J connectivity index is 0.809. The number of pyridine rings is 1. The zero-order chi connectivity index (χ0) is 54.0. The van der Waals surface area contributed by atoms with Crippen LogP contribution in [-0.2, 0) is 61.6 Å². The maximum absolute atomic E-state index is 13.7. The fourth-order valence-electron chi connectivity index (χ4n) is 14.9. The van der Waals surface area contributed by atoms with Crippen LogP contribution in [0.3, 0.4) is 0 Å². The van der Waals surface area contributed by atoms with Crippen LogP contribution >= 0.6 is 0 Å². The molecule has 0 bridgehead atoms. The second-order valence-electron chi connectivity index (χ2n) is 23.3. The molecule has 424 valence electrons. The average Bonchev–Trinajstić information content (AvgIpc) is 3.62. The highest BCUT2D eigenvalue weighted by atomic mass is 16.8. The van der Waals surface area contributed by atoms with Crippen LogP contribution in [0.2, 0.25) is 0 Å². The highest BCUT2D eigenvalue weighted by Gasteiger charge is 2.81. The molecule has 0 amide bonds. The van der Waals surface area contributed by atoms with E-state index in [0.717, 1.165) is 5.57 Å². The van der Waals surface area contributed by atoms with Crippen molar-refractivity contribution >= 4 is 5.97 Å². The molecule has 3 saturated carbocycles. The molecule has 9 rings (SSSR count). The standard InChI is InChI=1S/C55H85NO19/c1-28-46(58)36(63-8)22-43(67-28)73-48-30(3)69-45(24-38(48)65-10)75-49-31(4)70-44(25-39(49)66-11)74-47-29(2)68-42(23-37(47)64-9)71-35-15-16-51(6)34(21-35)14-17-54(61)40(51)26-41(72-50(59)33-13-12-20-56-27-33)52(7)53(60,32(5)57)18-19-55(52,54)62/h12-14,20,27-32,35-49,57-58,60-62H,15-19,21-26H2,1-11H3/t28-,29+,30+,31-,32-,35-,36+,37-,38-,39-,40+,41+,42-,43-,44-,45-,46-,47+,48+,49+,51-,52+,53+,54-,55+/m0/s1. The van der Waals surface area contributed by atoms with Gasteiger partial charge in [-0.05, 0) is 97.1 Å². The van der Waals surface area contributed by atoms with Gasteiger partial charge in [0.15, 0.2) is 25.2 Å². The molecule has 0 aromatic carbocycles. The van der Waals surface area contributed by atoms with E-state index < -0.39 is 144 Å². The van der Waals surface area contributed by atoms with E-state index in [1.807, 2.05) is 26.8 Å². The van der Waals surface area contributed by atoms with Gasteiger partial charge < -0.3 is 87.1 Å². The molecule has 8 aliphatic rings. The van der Waals surface area contributed by atoms with E-state index in [1.54, 1.807) is 60.6 Å². The summed E-state index contributed by atoms with van der Waals surface area (Å²) in [4.78, 5) is 17.8. The number of esters is 1. The normalized spacial score (nSPS) is 49.4. The van der Waals surface area contributed by atoms with Crippen LogP contribution in [0.1, 0.15) is 129 Å². The van der Waals surface area contributed by atoms with E-state index in [1.165, 1.54) is 13.1 Å². The first-order valence-corrected chi connectivity index (χ1v) is 27.3. The number of ether oxygens (including phenoxy) is 13. The second-order valence-corrected chi connectivity index (χ2v) is 23.3. The number of rotatable bonds is 15. The van der Waals surface area contributed by atoms with Gasteiger partial charge in [0.05, 0.1) is 72.0 Å². The smallest absolute Gasteiger partial charge is 0.339 e. The van der Waals surface area contributed by atoms with Gasteiger partial charge in [-0.1, -0.05) is 25.5 Å². The zero-order valence-corrected chi connectivity index (χ0v) is 45.6. The van der Waals surface area contributed by atoms with Gasteiger partial charge in [0.1, 0.15) is 47.3 Å². The monoisotopic (exact) mass is 1060 g/mol. The SMILES string of the molecule is CO[C@H]1C[C@H](O[C@H]2[C@@H](OC)C[C@H](O[C@H]3CC[C@@]4(C)C(=CC[C@]5(O)[C@@H]4C[C@@H](OC(=O)c4cccnc4)[C@@]4(C)[C@]5(O)CC[C@@]4(O)[C@H](C)O)C3)O[C@@H]2C)O[C@@H](C)[C@H]1O[C@H]1C[C@H](OC)[C@H](O[C@H]2C[C@@H](OC)[C@@H](O)[C@H](C)O2)[C@@H](C)O1. The number of carbonyl (C=O) groups excluding carboxylic acids is 1. The third-order valence-electron chi connectivity index (χ3n) is 19.4. The molecule has 1 aromatic rings. The lowest BCUT2D eigenvalue weighted by molar-refractivity contribution is -0.347. The minimum atomic E-state index is -1.92. The molecule has 0 radical (unpaired) electrons. The average molecular weight is 1060 g/mol. The molecule has 4 saturated heterocycles. The largest absolute Gasteiger partial charge is 0.458 e. The molecule has 25 atom stereocenters. The van der Waals surface area contributed by atoms with Gasteiger partial charge in [-0.2, -0.15) is 0 Å². The van der Waals surface area contributed by atoms with Crippen LogP contribution in [0, 0.1) is 16.7 Å². The Morgan fingerprint density at radius 2 is 1.21 bits per heavy atom. The molecule has 0 unspecified atom stereocenters.